The van der Waals surface area contributed by atoms with Gasteiger partial charge >= 0.3 is 0 Å². The van der Waals surface area contributed by atoms with Crippen LogP contribution in [0, 0.1) is 0 Å². The zero-order valence-corrected chi connectivity index (χ0v) is 20.8. The van der Waals surface area contributed by atoms with Gasteiger partial charge in [-0.05, 0) is 30.7 Å². The summed E-state index contributed by atoms with van der Waals surface area (Å²) in [7, 11) is 1.65. The maximum absolute atomic E-state index is 13.0. The highest BCUT2D eigenvalue weighted by molar-refractivity contribution is 5.97. The highest BCUT2D eigenvalue weighted by Gasteiger charge is 2.35. The molecule has 1 saturated heterocycles. The molecule has 0 N–H and O–H groups in total. The summed E-state index contributed by atoms with van der Waals surface area (Å²) in [6.45, 7) is 3.87. The third-order valence-corrected chi connectivity index (χ3v) is 7.04. The molecule has 1 aliphatic rings. The van der Waals surface area contributed by atoms with E-state index in [1.54, 1.807) is 7.11 Å². The van der Waals surface area contributed by atoms with E-state index in [0.29, 0.717) is 13.0 Å². The summed E-state index contributed by atoms with van der Waals surface area (Å²) in [4.78, 5) is 19.9. The Bertz CT molecular complexity index is 1070. The minimum absolute atomic E-state index is 0.0865. The number of carbonyl (C=O) groups excluding carboxylic acids is 1. The number of methoxy groups -OCH3 is 1. The van der Waals surface area contributed by atoms with Crippen molar-refractivity contribution in [2.75, 3.05) is 18.6 Å². The Hall–Kier alpha value is -2.82. The molecule has 5 nitrogen and oxygen atoms in total. The number of hydrogen-bond donors (Lipinski definition) is 0. The van der Waals surface area contributed by atoms with Crippen molar-refractivity contribution in [3.63, 3.8) is 0 Å². The molecular weight excluding hydrogens is 422 g/mol. The van der Waals surface area contributed by atoms with Crippen LogP contribution in [0.4, 0.5) is 5.69 Å². The van der Waals surface area contributed by atoms with Gasteiger partial charge in [0.25, 0.3) is 0 Å². The average molecular weight is 462 g/mol. The first-order chi connectivity index (χ1) is 16.7. The molecule has 182 valence electrons. The lowest BCUT2D eigenvalue weighted by molar-refractivity contribution is -0.117. The van der Waals surface area contributed by atoms with E-state index < -0.39 is 0 Å². The molecule has 1 aliphatic heterocycles. The second-order valence-corrected chi connectivity index (χ2v) is 9.52. The molecule has 34 heavy (non-hydrogen) atoms. The molecule has 3 aromatic rings. The van der Waals surface area contributed by atoms with Gasteiger partial charge < -0.3 is 14.2 Å². The van der Waals surface area contributed by atoms with E-state index in [0.717, 1.165) is 35.7 Å². The molecule has 2 heterocycles. The summed E-state index contributed by atoms with van der Waals surface area (Å²) in [5.41, 5.74) is 3.05. The quantitative estimate of drug-likeness (QED) is 0.255. The lowest BCUT2D eigenvalue weighted by Crippen LogP contribution is -2.25. The van der Waals surface area contributed by atoms with Gasteiger partial charge in [0.15, 0.2) is 0 Å². The minimum atomic E-state index is 0.0865. The van der Waals surface area contributed by atoms with Crippen LogP contribution in [0.25, 0.3) is 11.0 Å². The molecular formula is C29H39N3O2. The molecule has 0 saturated carbocycles. The molecule has 1 amide bonds. The van der Waals surface area contributed by atoms with Gasteiger partial charge in [0.05, 0.1) is 23.8 Å². The van der Waals surface area contributed by atoms with Crippen LogP contribution in [0.2, 0.25) is 0 Å². The van der Waals surface area contributed by atoms with Crippen LogP contribution in [0.5, 0.6) is 5.75 Å². The Morgan fingerprint density at radius 2 is 1.59 bits per heavy atom. The van der Waals surface area contributed by atoms with Gasteiger partial charge in [-0.1, -0.05) is 82.6 Å². The number of imidazole rings is 1. The Morgan fingerprint density at radius 3 is 2.35 bits per heavy atom. The largest absolute Gasteiger partial charge is 0.495 e. The van der Waals surface area contributed by atoms with Gasteiger partial charge in [0.1, 0.15) is 11.6 Å². The third kappa shape index (κ3) is 5.63. The first-order valence-corrected chi connectivity index (χ1v) is 13.1. The summed E-state index contributed by atoms with van der Waals surface area (Å²) in [6.07, 6.45) is 12.3. The van der Waals surface area contributed by atoms with E-state index in [9.17, 15) is 4.79 Å². The minimum Gasteiger partial charge on any atom is -0.495 e. The van der Waals surface area contributed by atoms with Crippen LogP contribution in [-0.4, -0.2) is 29.1 Å². The van der Waals surface area contributed by atoms with E-state index in [1.807, 2.05) is 35.2 Å². The maximum Gasteiger partial charge on any atom is 0.227 e. The molecule has 1 aromatic heterocycles. The monoisotopic (exact) mass is 461 g/mol. The highest BCUT2D eigenvalue weighted by Crippen LogP contribution is 2.37. The number of anilines is 1. The summed E-state index contributed by atoms with van der Waals surface area (Å²) >= 11 is 0. The Labute approximate surface area is 204 Å². The first-order valence-electron chi connectivity index (χ1n) is 13.1. The number of amides is 1. The number of aryl methyl sites for hydroxylation is 1. The van der Waals surface area contributed by atoms with Gasteiger partial charge in [-0.3, -0.25) is 4.79 Å². The van der Waals surface area contributed by atoms with Crippen LogP contribution in [0.1, 0.15) is 82.9 Å². The predicted molar refractivity (Wildman–Crippen MR) is 140 cm³/mol. The number of rotatable bonds is 13. The second kappa shape index (κ2) is 12.0. The van der Waals surface area contributed by atoms with Crippen molar-refractivity contribution in [2.45, 2.75) is 83.6 Å². The fourth-order valence-corrected chi connectivity index (χ4v) is 5.19. The number of ether oxygens (including phenoxy) is 1. The van der Waals surface area contributed by atoms with E-state index in [4.69, 9.17) is 9.72 Å². The summed E-state index contributed by atoms with van der Waals surface area (Å²) < 4.78 is 7.89. The number of unbranched alkanes of at least 4 members (excludes halogenated alkanes) is 8. The van der Waals surface area contributed by atoms with Crippen LogP contribution >= 0.6 is 0 Å². The van der Waals surface area contributed by atoms with Gasteiger partial charge in [0.2, 0.25) is 5.91 Å². The second-order valence-electron chi connectivity index (χ2n) is 9.52. The summed E-state index contributed by atoms with van der Waals surface area (Å²) in [6, 6.07) is 16.1. The predicted octanol–water partition coefficient (Wildman–Crippen LogP) is 7.10. The van der Waals surface area contributed by atoms with E-state index >= 15 is 0 Å². The van der Waals surface area contributed by atoms with E-state index in [1.165, 1.54) is 56.9 Å². The number of benzene rings is 2. The van der Waals surface area contributed by atoms with Crippen molar-refractivity contribution < 1.29 is 9.53 Å². The molecule has 0 spiro atoms. The molecule has 1 atom stereocenters. The van der Waals surface area contributed by atoms with E-state index in [-0.39, 0.29) is 11.8 Å². The first kappa shape index (κ1) is 24.3. The molecule has 0 aliphatic carbocycles. The summed E-state index contributed by atoms with van der Waals surface area (Å²) in [5, 5.41) is 0. The van der Waals surface area contributed by atoms with Crippen molar-refractivity contribution >= 4 is 22.6 Å². The van der Waals surface area contributed by atoms with Crippen molar-refractivity contribution in [3.8, 4) is 5.75 Å². The lowest BCUT2D eigenvalue weighted by Gasteiger charge is -2.19. The number of para-hydroxylation sites is 4. The maximum atomic E-state index is 13.0. The fraction of sp³-hybridized carbons (Fsp3) is 0.517. The van der Waals surface area contributed by atoms with Crippen LogP contribution in [-0.2, 0) is 11.3 Å². The normalized spacial score (nSPS) is 16.0. The van der Waals surface area contributed by atoms with Crippen LogP contribution < -0.4 is 9.64 Å². The highest BCUT2D eigenvalue weighted by atomic mass is 16.5. The number of fused-ring (bicyclic) bond motifs is 1. The lowest BCUT2D eigenvalue weighted by atomic mass is 10.1. The van der Waals surface area contributed by atoms with Gasteiger partial charge in [-0.25, -0.2) is 4.98 Å². The molecule has 4 rings (SSSR count). The number of carbonyl (C=O) groups is 1. The van der Waals surface area contributed by atoms with Crippen molar-refractivity contribution in [1.29, 1.82) is 0 Å². The van der Waals surface area contributed by atoms with E-state index in [2.05, 4.69) is 29.7 Å². The third-order valence-electron chi connectivity index (χ3n) is 7.04. The fourth-order valence-electron chi connectivity index (χ4n) is 5.19. The topological polar surface area (TPSA) is 47.4 Å². The molecule has 1 fully saturated rings. The standard InChI is InChI=1S/C29H39N3O2/c1-3-4-5-6-7-8-9-10-15-20-31-25-17-12-11-16-24(25)30-29(31)23-21-28(33)32(22-23)26-18-13-14-19-27(26)34-2/h11-14,16-19,23H,3-10,15,20-22H2,1-2H3/t23-/m0/s1. The Balaban J connectivity index is 1.43. The Kier molecular flexibility index (Phi) is 8.62. The van der Waals surface area contributed by atoms with Crippen molar-refractivity contribution in [3.05, 3.63) is 54.4 Å². The molecule has 0 unspecified atom stereocenters. The zero-order chi connectivity index (χ0) is 23.8. The SMILES string of the molecule is CCCCCCCCCCCn1c([C@H]2CC(=O)N(c3ccccc3OC)C2)nc2ccccc21. The number of hydrogen-bond acceptors (Lipinski definition) is 3. The smallest absolute Gasteiger partial charge is 0.227 e. The van der Waals surface area contributed by atoms with Gasteiger partial charge in [0, 0.05) is 25.4 Å². The number of nitrogens with zero attached hydrogens (tertiary/aromatic N) is 3. The van der Waals surface area contributed by atoms with Gasteiger partial charge in [-0.15, -0.1) is 0 Å². The molecule has 5 heteroatoms. The van der Waals surface area contributed by atoms with Crippen LogP contribution in [0.15, 0.2) is 48.5 Å². The van der Waals surface area contributed by atoms with Crippen LogP contribution in [0.3, 0.4) is 0 Å². The van der Waals surface area contributed by atoms with Gasteiger partial charge in [-0.2, -0.15) is 0 Å². The average Bonchev–Trinajstić information content (AvgIpc) is 3.43. The van der Waals surface area contributed by atoms with Crippen molar-refractivity contribution in [1.82, 2.24) is 9.55 Å². The number of aromatic nitrogens is 2. The molecule has 0 bridgehead atoms. The molecule has 0 radical (unpaired) electrons. The molecule has 2 aromatic carbocycles. The van der Waals surface area contributed by atoms with Crippen molar-refractivity contribution in [2.24, 2.45) is 0 Å². The zero-order valence-electron chi connectivity index (χ0n) is 20.8. The Morgan fingerprint density at radius 1 is 0.912 bits per heavy atom. The summed E-state index contributed by atoms with van der Waals surface area (Å²) in [5.74, 6) is 2.01.